The maximum atomic E-state index is 6.03. The van der Waals surface area contributed by atoms with Crippen LogP contribution in [0.1, 0.15) is 56.9 Å². The van der Waals surface area contributed by atoms with Crippen molar-refractivity contribution >= 4 is 39.1 Å². The summed E-state index contributed by atoms with van der Waals surface area (Å²) in [5.41, 5.74) is 1.23. The van der Waals surface area contributed by atoms with Crippen LogP contribution in [0.3, 0.4) is 0 Å². The number of unbranched alkanes of at least 4 members (excludes halogenated alkanes) is 1. The van der Waals surface area contributed by atoms with Gasteiger partial charge in [0.25, 0.3) is 0 Å². The van der Waals surface area contributed by atoms with Crippen molar-refractivity contribution in [3.63, 3.8) is 0 Å². The highest BCUT2D eigenvalue weighted by atomic mass is 32.2. The SMILES string of the molecule is CCCCSc1nc(NC[C@@H]2CCCO2)c2c3c(sc2n1)COC(C)(C)C3. The molecule has 2 aromatic heterocycles. The number of nitrogens with zero attached hydrogens (tertiary/aromatic N) is 2. The Kier molecular flexibility index (Phi) is 5.92. The monoisotopic (exact) mass is 407 g/mol. The first-order valence-electron chi connectivity index (χ1n) is 10.0. The van der Waals surface area contributed by atoms with E-state index in [2.05, 4.69) is 26.1 Å². The highest BCUT2D eigenvalue weighted by Crippen LogP contribution is 2.41. The van der Waals surface area contributed by atoms with Gasteiger partial charge >= 0.3 is 0 Å². The number of ether oxygens (including phenoxy) is 2. The molecule has 0 radical (unpaired) electrons. The van der Waals surface area contributed by atoms with Crippen LogP contribution in [-0.2, 0) is 22.5 Å². The van der Waals surface area contributed by atoms with Crippen molar-refractivity contribution in [3.8, 4) is 0 Å². The van der Waals surface area contributed by atoms with Gasteiger partial charge < -0.3 is 14.8 Å². The zero-order valence-electron chi connectivity index (χ0n) is 16.5. The van der Waals surface area contributed by atoms with E-state index in [9.17, 15) is 0 Å². The van der Waals surface area contributed by atoms with E-state index >= 15 is 0 Å². The Morgan fingerprint density at radius 3 is 3.00 bits per heavy atom. The molecule has 5 nitrogen and oxygen atoms in total. The van der Waals surface area contributed by atoms with E-state index < -0.39 is 0 Å². The Morgan fingerprint density at radius 2 is 2.22 bits per heavy atom. The molecule has 1 fully saturated rings. The van der Waals surface area contributed by atoms with E-state index in [4.69, 9.17) is 19.4 Å². The third-order valence-electron chi connectivity index (χ3n) is 5.16. The Hall–Kier alpha value is -0.890. The smallest absolute Gasteiger partial charge is 0.190 e. The van der Waals surface area contributed by atoms with Crippen LogP contribution in [0.2, 0.25) is 0 Å². The standard InChI is InChI=1S/C20H29N3O2S2/c1-4-5-9-26-19-22-17(21-11-13-7-6-8-24-13)16-14-10-20(2,3)25-12-15(14)27-18(16)23-19/h13H,4-12H2,1-3H3,(H,21,22,23)/t13-/m0/s1. The molecular formula is C20H29N3O2S2. The number of thiophene rings is 1. The first-order chi connectivity index (χ1) is 13.1. The number of aromatic nitrogens is 2. The topological polar surface area (TPSA) is 56.3 Å². The minimum absolute atomic E-state index is 0.138. The van der Waals surface area contributed by atoms with E-state index in [1.54, 1.807) is 23.1 Å². The number of fused-ring (bicyclic) bond motifs is 3. The molecule has 0 amide bonds. The summed E-state index contributed by atoms with van der Waals surface area (Å²) in [5, 5.41) is 5.68. The molecule has 2 aromatic rings. The number of nitrogens with one attached hydrogen (secondary N) is 1. The van der Waals surface area contributed by atoms with Gasteiger partial charge in [-0.3, -0.25) is 0 Å². The normalized spacial score (nSPS) is 21.5. The van der Waals surface area contributed by atoms with Crippen LogP contribution < -0.4 is 5.32 Å². The Bertz CT molecular complexity index is 800. The first-order valence-corrected chi connectivity index (χ1v) is 11.8. The largest absolute Gasteiger partial charge is 0.376 e. The fourth-order valence-corrected chi connectivity index (χ4v) is 5.73. The Morgan fingerprint density at radius 1 is 1.33 bits per heavy atom. The molecule has 0 saturated carbocycles. The average molecular weight is 408 g/mol. The van der Waals surface area contributed by atoms with Crippen LogP contribution >= 0.6 is 23.1 Å². The fraction of sp³-hybridized carbons (Fsp3) is 0.700. The van der Waals surface area contributed by atoms with Gasteiger partial charge in [-0.2, -0.15) is 0 Å². The molecule has 0 spiro atoms. The molecule has 1 atom stereocenters. The lowest BCUT2D eigenvalue weighted by molar-refractivity contribution is -0.0379. The summed E-state index contributed by atoms with van der Waals surface area (Å²) in [6.45, 7) is 8.91. The molecule has 7 heteroatoms. The molecule has 2 aliphatic heterocycles. The summed E-state index contributed by atoms with van der Waals surface area (Å²) in [6.07, 6.45) is 5.86. The molecule has 0 bridgehead atoms. The zero-order valence-corrected chi connectivity index (χ0v) is 18.1. The average Bonchev–Trinajstić information content (AvgIpc) is 3.26. The minimum Gasteiger partial charge on any atom is -0.376 e. The molecule has 1 saturated heterocycles. The van der Waals surface area contributed by atoms with E-state index in [1.807, 2.05) is 0 Å². The Balaban J connectivity index is 1.67. The third-order valence-corrected chi connectivity index (χ3v) is 7.19. The molecule has 27 heavy (non-hydrogen) atoms. The number of rotatable bonds is 7. The highest BCUT2D eigenvalue weighted by molar-refractivity contribution is 7.99. The molecule has 4 heterocycles. The lowest BCUT2D eigenvalue weighted by Gasteiger charge is -2.30. The number of hydrogen-bond acceptors (Lipinski definition) is 7. The van der Waals surface area contributed by atoms with Gasteiger partial charge in [-0.25, -0.2) is 9.97 Å². The second-order valence-electron chi connectivity index (χ2n) is 7.98. The second kappa shape index (κ2) is 8.23. The van der Waals surface area contributed by atoms with E-state index in [0.29, 0.717) is 12.7 Å². The predicted octanol–water partition coefficient (Wildman–Crippen LogP) is 5.03. The van der Waals surface area contributed by atoms with Crippen LogP contribution in [0.5, 0.6) is 0 Å². The van der Waals surface area contributed by atoms with Crippen molar-refractivity contribution in [2.24, 2.45) is 0 Å². The van der Waals surface area contributed by atoms with Crippen LogP contribution in [0.15, 0.2) is 5.16 Å². The van der Waals surface area contributed by atoms with E-state index in [-0.39, 0.29) is 5.60 Å². The maximum absolute atomic E-state index is 6.03. The third kappa shape index (κ3) is 4.42. The van der Waals surface area contributed by atoms with Crippen molar-refractivity contribution in [1.82, 2.24) is 9.97 Å². The van der Waals surface area contributed by atoms with Gasteiger partial charge in [0.1, 0.15) is 10.6 Å². The van der Waals surface area contributed by atoms with Crippen LogP contribution in [0.4, 0.5) is 5.82 Å². The fourth-order valence-electron chi connectivity index (χ4n) is 3.64. The number of anilines is 1. The summed E-state index contributed by atoms with van der Waals surface area (Å²) < 4.78 is 11.8. The van der Waals surface area contributed by atoms with Gasteiger partial charge in [-0.15, -0.1) is 11.3 Å². The lowest BCUT2D eigenvalue weighted by atomic mass is 9.94. The van der Waals surface area contributed by atoms with E-state index in [0.717, 1.165) is 54.0 Å². The van der Waals surface area contributed by atoms with Crippen LogP contribution in [0, 0.1) is 0 Å². The van der Waals surface area contributed by atoms with Crippen molar-refractivity contribution in [1.29, 1.82) is 0 Å². The van der Waals surface area contributed by atoms with Crippen molar-refractivity contribution < 1.29 is 9.47 Å². The molecule has 0 aliphatic carbocycles. The van der Waals surface area contributed by atoms with Gasteiger partial charge in [-0.05, 0) is 38.7 Å². The Labute approximate surface area is 169 Å². The highest BCUT2D eigenvalue weighted by Gasteiger charge is 2.31. The number of hydrogen-bond donors (Lipinski definition) is 1. The lowest BCUT2D eigenvalue weighted by Crippen LogP contribution is -2.31. The molecule has 2 aliphatic rings. The first kappa shape index (κ1) is 19.4. The maximum Gasteiger partial charge on any atom is 0.190 e. The van der Waals surface area contributed by atoms with Crippen LogP contribution in [-0.4, -0.2) is 40.6 Å². The van der Waals surface area contributed by atoms with Crippen molar-refractivity contribution in [2.75, 3.05) is 24.2 Å². The van der Waals surface area contributed by atoms with Crippen LogP contribution in [0.25, 0.3) is 10.2 Å². The molecule has 148 valence electrons. The van der Waals surface area contributed by atoms with Gasteiger partial charge in [0, 0.05) is 30.2 Å². The van der Waals surface area contributed by atoms with Gasteiger partial charge in [-0.1, -0.05) is 25.1 Å². The van der Waals surface area contributed by atoms with Crippen molar-refractivity contribution in [2.45, 2.75) is 76.3 Å². The summed E-state index contributed by atoms with van der Waals surface area (Å²) >= 11 is 3.53. The van der Waals surface area contributed by atoms with Crippen molar-refractivity contribution in [3.05, 3.63) is 10.4 Å². The molecular weight excluding hydrogens is 378 g/mol. The summed E-state index contributed by atoms with van der Waals surface area (Å²) in [4.78, 5) is 12.2. The minimum atomic E-state index is -0.138. The van der Waals surface area contributed by atoms with E-state index in [1.165, 1.54) is 28.7 Å². The van der Waals surface area contributed by atoms with Gasteiger partial charge in [0.15, 0.2) is 5.16 Å². The molecule has 1 N–H and O–H groups in total. The zero-order chi connectivity index (χ0) is 18.9. The summed E-state index contributed by atoms with van der Waals surface area (Å²) in [5.74, 6) is 2.04. The predicted molar refractivity (Wildman–Crippen MR) is 113 cm³/mol. The quantitative estimate of drug-likeness (QED) is 0.395. The summed E-state index contributed by atoms with van der Waals surface area (Å²) in [7, 11) is 0. The molecule has 0 unspecified atom stereocenters. The molecule has 4 rings (SSSR count). The summed E-state index contributed by atoms with van der Waals surface area (Å²) in [6, 6.07) is 0. The molecule has 0 aromatic carbocycles. The van der Waals surface area contributed by atoms with Gasteiger partial charge in [0.05, 0.1) is 23.7 Å². The number of thioether (sulfide) groups is 1. The van der Waals surface area contributed by atoms with Gasteiger partial charge in [0.2, 0.25) is 0 Å². The second-order valence-corrected chi connectivity index (χ2v) is 10.1.